The number of hydrogen-bond acceptors (Lipinski definition) is 4. The number of esters is 1. The van der Waals surface area contributed by atoms with Crippen molar-refractivity contribution in [3.05, 3.63) is 63.6 Å². The summed E-state index contributed by atoms with van der Waals surface area (Å²) in [5, 5.41) is 2.84. The second-order valence-corrected chi connectivity index (χ2v) is 6.02. The normalized spacial score (nSPS) is 10.1. The van der Waals surface area contributed by atoms with Gasteiger partial charge in [0.1, 0.15) is 11.3 Å². The molecule has 0 saturated heterocycles. The SMILES string of the molecule is COC(=O)c1cc(CNC(=O)Cc2ccc(Br)cc2)ccc1OC. The van der Waals surface area contributed by atoms with E-state index in [4.69, 9.17) is 9.47 Å². The summed E-state index contributed by atoms with van der Waals surface area (Å²) in [4.78, 5) is 23.8. The maximum atomic E-state index is 12.0. The van der Waals surface area contributed by atoms with Crippen LogP contribution in [0.3, 0.4) is 0 Å². The number of carbonyl (C=O) groups excluding carboxylic acids is 2. The van der Waals surface area contributed by atoms with Gasteiger partial charge in [0.25, 0.3) is 0 Å². The van der Waals surface area contributed by atoms with Crippen LogP contribution in [0.15, 0.2) is 46.9 Å². The van der Waals surface area contributed by atoms with E-state index in [1.165, 1.54) is 14.2 Å². The second-order valence-electron chi connectivity index (χ2n) is 5.11. The van der Waals surface area contributed by atoms with E-state index < -0.39 is 5.97 Å². The number of carbonyl (C=O) groups is 2. The van der Waals surface area contributed by atoms with Gasteiger partial charge >= 0.3 is 5.97 Å². The van der Waals surface area contributed by atoms with Gasteiger partial charge in [0, 0.05) is 11.0 Å². The lowest BCUT2D eigenvalue weighted by molar-refractivity contribution is -0.120. The smallest absolute Gasteiger partial charge is 0.341 e. The van der Waals surface area contributed by atoms with Crippen LogP contribution in [0.5, 0.6) is 5.75 Å². The van der Waals surface area contributed by atoms with E-state index in [-0.39, 0.29) is 5.91 Å². The zero-order valence-corrected chi connectivity index (χ0v) is 15.1. The number of halogens is 1. The number of ether oxygens (including phenoxy) is 2. The van der Waals surface area contributed by atoms with Crippen molar-refractivity contribution in [1.82, 2.24) is 5.32 Å². The summed E-state index contributed by atoms with van der Waals surface area (Å²) in [6.07, 6.45) is 0.299. The molecule has 0 aromatic heterocycles. The van der Waals surface area contributed by atoms with Crippen LogP contribution in [-0.2, 0) is 22.5 Å². The maximum Gasteiger partial charge on any atom is 0.341 e. The minimum atomic E-state index is -0.477. The minimum absolute atomic E-state index is 0.0900. The fraction of sp³-hybridized carbons (Fsp3) is 0.222. The fourth-order valence-corrected chi connectivity index (χ4v) is 2.45. The predicted molar refractivity (Wildman–Crippen MR) is 94.0 cm³/mol. The first-order valence-electron chi connectivity index (χ1n) is 7.30. The lowest BCUT2D eigenvalue weighted by atomic mass is 10.1. The first-order chi connectivity index (χ1) is 11.5. The first kappa shape index (κ1) is 18.0. The molecule has 0 unspecified atom stereocenters. The summed E-state index contributed by atoms with van der Waals surface area (Å²) in [5.74, 6) is -0.130. The number of amides is 1. The van der Waals surface area contributed by atoms with Gasteiger partial charge in [-0.2, -0.15) is 0 Å². The molecule has 5 nitrogen and oxygen atoms in total. The van der Waals surface area contributed by atoms with E-state index in [9.17, 15) is 9.59 Å². The zero-order valence-electron chi connectivity index (χ0n) is 13.5. The van der Waals surface area contributed by atoms with Gasteiger partial charge in [-0.3, -0.25) is 4.79 Å². The quantitative estimate of drug-likeness (QED) is 0.768. The number of methoxy groups -OCH3 is 2. The highest BCUT2D eigenvalue weighted by Crippen LogP contribution is 2.20. The van der Waals surface area contributed by atoms with Gasteiger partial charge < -0.3 is 14.8 Å². The molecule has 0 aliphatic carbocycles. The second kappa shape index (κ2) is 8.49. The van der Waals surface area contributed by atoms with Crippen molar-refractivity contribution >= 4 is 27.8 Å². The Morgan fingerprint density at radius 3 is 2.33 bits per heavy atom. The van der Waals surface area contributed by atoms with Gasteiger partial charge in [0.2, 0.25) is 5.91 Å². The van der Waals surface area contributed by atoms with Crippen LogP contribution in [0.2, 0.25) is 0 Å². The summed E-state index contributed by atoms with van der Waals surface area (Å²) < 4.78 is 10.9. The van der Waals surface area contributed by atoms with Gasteiger partial charge in [-0.05, 0) is 35.4 Å². The Labute approximate surface area is 149 Å². The largest absolute Gasteiger partial charge is 0.496 e. The molecule has 0 saturated carbocycles. The molecule has 6 heteroatoms. The maximum absolute atomic E-state index is 12.0. The van der Waals surface area contributed by atoms with Gasteiger partial charge in [-0.15, -0.1) is 0 Å². The van der Waals surface area contributed by atoms with E-state index >= 15 is 0 Å². The van der Waals surface area contributed by atoms with Crippen molar-refractivity contribution in [3.8, 4) is 5.75 Å². The Morgan fingerprint density at radius 2 is 1.71 bits per heavy atom. The van der Waals surface area contributed by atoms with E-state index in [0.29, 0.717) is 24.3 Å². The average Bonchev–Trinajstić information content (AvgIpc) is 2.61. The molecule has 2 aromatic carbocycles. The van der Waals surface area contributed by atoms with Crippen molar-refractivity contribution in [1.29, 1.82) is 0 Å². The molecule has 1 N–H and O–H groups in total. The van der Waals surface area contributed by atoms with Crippen LogP contribution in [0, 0.1) is 0 Å². The summed E-state index contributed by atoms with van der Waals surface area (Å²) in [6, 6.07) is 12.7. The number of rotatable bonds is 6. The first-order valence-corrected chi connectivity index (χ1v) is 8.09. The topological polar surface area (TPSA) is 64.6 Å². The molecular formula is C18H18BrNO4. The number of benzene rings is 2. The minimum Gasteiger partial charge on any atom is -0.496 e. The Kier molecular flexibility index (Phi) is 6.37. The Bertz CT molecular complexity index is 728. The molecule has 1 amide bonds. The third-order valence-corrected chi connectivity index (χ3v) is 3.97. The van der Waals surface area contributed by atoms with Crippen molar-refractivity contribution in [2.24, 2.45) is 0 Å². The molecule has 0 aliphatic rings. The van der Waals surface area contributed by atoms with Crippen molar-refractivity contribution in [3.63, 3.8) is 0 Å². The molecule has 0 bridgehead atoms. The highest BCUT2D eigenvalue weighted by Gasteiger charge is 2.13. The van der Waals surface area contributed by atoms with Crippen LogP contribution < -0.4 is 10.1 Å². The lowest BCUT2D eigenvalue weighted by Crippen LogP contribution is -2.24. The molecule has 0 heterocycles. The summed E-state index contributed by atoms with van der Waals surface area (Å²) in [5.41, 5.74) is 2.06. The Hall–Kier alpha value is -2.34. The third kappa shape index (κ3) is 4.83. The molecule has 2 aromatic rings. The number of nitrogens with one attached hydrogen (secondary N) is 1. The average molecular weight is 392 g/mol. The van der Waals surface area contributed by atoms with Crippen LogP contribution in [0.4, 0.5) is 0 Å². The Balaban J connectivity index is 1.99. The summed E-state index contributed by atoms with van der Waals surface area (Å²) in [7, 11) is 2.80. The molecule has 0 fully saturated rings. The van der Waals surface area contributed by atoms with Crippen molar-refractivity contribution < 1.29 is 19.1 Å². The van der Waals surface area contributed by atoms with Crippen molar-refractivity contribution in [2.75, 3.05) is 14.2 Å². The molecule has 0 aliphatic heterocycles. The monoisotopic (exact) mass is 391 g/mol. The molecule has 0 spiro atoms. The standard InChI is InChI=1S/C18H18BrNO4/c1-23-16-8-5-13(9-15(16)18(22)24-2)11-20-17(21)10-12-3-6-14(19)7-4-12/h3-9H,10-11H2,1-2H3,(H,20,21). The Morgan fingerprint density at radius 1 is 1.04 bits per heavy atom. The van der Waals surface area contributed by atoms with E-state index in [1.54, 1.807) is 18.2 Å². The van der Waals surface area contributed by atoms with E-state index in [2.05, 4.69) is 21.2 Å². The zero-order chi connectivity index (χ0) is 17.5. The van der Waals surface area contributed by atoms with E-state index in [1.807, 2.05) is 24.3 Å². The van der Waals surface area contributed by atoms with Gasteiger partial charge in [-0.25, -0.2) is 4.79 Å². The molecular weight excluding hydrogens is 374 g/mol. The molecule has 0 atom stereocenters. The predicted octanol–water partition coefficient (Wildman–Crippen LogP) is 3.10. The van der Waals surface area contributed by atoms with E-state index in [0.717, 1.165) is 15.6 Å². The van der Waals surface area contributed by atoms with Crippen LogP contribution in [-0.4, -0.2) is 26.1 Å². The van der Waals surface area contributed by atoms with Gasteiger partial charge in [0.05, 0.1) is 20.6 Å². The van der Waals surface area contributed by atoms with Crippen LogP contribution in [0.25, 0.3) is 0 Å². The fourth-order valence-electron chi connectivity index (χ4n) is 2.19. The highest BCUT2D eigenvalue weighted by atomic mass is 79.9. The molecule has 24 heavy (non-hydrogen) atoms. The number of hydrogen-bond donors (Lipinski definition) is 1. The van der Waals surface area contributed by atoms with Crippen molar-refractivity contribution in [2.45, 2.75) is 13.0 Å². The van der Waals surface area contributed by atoms with Gasteiger partial charge in [0.15, 0.2) is 0 Å². The molecule has 126 valence electrons. The van der Waals surface area contributed by atoms with Crippen LogP contribution in [0.1, 0.15) is 21.5 Å². The third-order valence-electron chi connectivity index (χ3n) is 3.44. The van der Waals surface area contributed by atoms with Gasteiger partial charge in [-0.1, -0.05) is 34.1 Å². The molecule has 0 radical (unpaired) electrons. The van der Waals surface area contributed by atoms with Crippen LogP contribution >= 0.6 is 15.9 Å². The molecule has 2 rings (SSSR count). The lowest BCUT2D eigenvalue weighted by Gasteiger charge is -2.10. The summed E-state index contributed by atoms with van der Waals surface area (Å²) in [6.45, 7) is 0.323. The summed E-state index contributed by atoms with van der Waals surface area (Å²) >= 11 is 3.36. The highest BCUT2D eigenvalue weighted by molar-refractivity contribution is 9.10.